The maximum Gasteiger partial charge on any atom is 0.307 e. The Bertz CT molecular complexity index is 854. The Balaban J connectivity index is 2.33. The van der Waals surface area contributed by atoms with Crippen molar-refractivity contribution in [2.24, 2.45) is 0 Å². The van der Waals surface area contributed by atoms with E-state index in [1.165, 1.54) is 0 Å². The summed E-state index contributed by atoms with van der Waals surface area (Å²) in [6, 6.07) is 18.2. The van der Waals surface area contributed by atoms with Crippen LogP contribution in [0, 0.1) is 6.92 Å². The van der Waals surface area contributed by atoms with Gasteiger partial charge in [0.25, 0.3) is 0 Å². The minimum absolute atomic E-state index is 0.0272. The minimum atomic E-state index is -0.811. The molecular weight excluding hydrogens is 340 g/mol. The topological polar surface area (TPSA) is 37.3 Å². The van der Waals surface area contributed by atoms with Crippen LogP contribution in [-0.4, -0.2) is 11.1 Å². The Morgan fingerprint density at radius 1 is 1.09 bits per heavy atom. The van der Waals surface area contributed by atoms with E-state index >= 15 is 0 Å². The molecule has 3 aromatic carbocycles. The van der Waals surface area contributed by atoms with E-state index in [9.17, 15) is 9.90 Å². The lowest BCUT2D eigenvalue weighted by atomic mass is 9.90. The summed E-state index contributed by atoms with van der Waals surface area (Å²) in [7, 11) is 0. The van der Waals surface area contributed by atoms with Gasteiger partial charge >= 0.3 is 5.97 Å². The van der Waals surface area contributed by atoms with E-state index in [2.05, 4.69) is 34.1 Å². The van der Waals surface area contributed by atoms with Crippen molar-refractivity contribution in [1.29, 1.82) is 0 Å². The van der Waals surface area contributed by atoms with Crippen LogP contribution in [0.25, 0.3) is 21.9 Å². The maximum atomic E-state index is 11.3. The van der Waals surface area contributed by atoms with E-state index in [0.717, 1.165) is 37.5 Å². The van der Waals surface area contributed by atoms with E-state index in [4.69, 9.17) is 0 Å². The van der Waals surface area contributed by atoms with Gasteiger partial charge in [-0.25, -0.2) is 0 Å². The number of carboxylic acids is 1. The molecule has 0 heterocycles. The molecule has 3 aromatic rings. The number of hydrogen-bond donors (Lipinski definition) is 1. The third-order valence-corrected chi connectivity index (χ3v) is 4.40. The molecule has 0 fully saturated rings. The Morgan fingerprint density at radius 3 is 2.50 bits per heavy atom. The minimum Gasteiger partial charge on any atom is -0.481 e. The van der Waals surface area contributed by atoms with Crippen LogP contribution < -0.4 is 0 Å². The molecule has 0 aromatic heterocycles. The first-order valence-electron chi connectivity index (χ1n) is 7.05. The van der Waals surface area contributed by atoms with Crippen LogP contribution in [0.5, 0.6) is 0 Å². The fourth-order valence-corrected chi connectivity index (χ4v) is 3.20. The van der Waals surface area contributed by atoms with Gasteiger partial charge in [0.2, 0.25) is 0 Å². The molecule has 0 saturated carbocycles. The Morgan fingerprint density at radius 2 is 1.82 bits per heavy atom. The predicted molar refractivity (Wildman–Crippen MR) is 93.2 cm³/mol. The number of rotatable bonds is 3. The summed E-state index contributed by atoms with van der Waals surface area (Å²) in [5.41, 5.74) is 4.10. The third kappa shape index (κ3) is 2.77. The van der Waals surface area contributed by atoms with Gasteiger partial charge in [0.05, 0.1) is 6.42 Å². The van der Waals surface area contributed by atoms with Gasteiger partial charge in [-0.1, -0.05) is 52.3 Å². The number of aliphatic carboxylic acids is 1. The maximum absolute atomic E-state index is 11.3. The predicted octanol–water partition coefficient (Wildman–Crippen LogP) is 5.20. The highest BCUT2D eigenvalue weighted by atomic mass is 79.9. The monoisotopic (exact) mass is 354 g/mol. The van der Waals surface area contributed by atoms with Crippen molar-refractivity contribution < 1.29 is 9.90 Å². The van der Waals surface area contributed by atoms with Gasteiger partial charge in [-0.3, -0.25) is 4.79 Å². The molecule has 0 bridgehead atoms. The van der Waals surface area contributed by atoms with Crippen molar-refractivity contribution in [2.75, 3.05) is 0 Å². The lowest BCUT2D eigenvalue weighted by molar-refractivity contribution is -0.136. The largest absolute Gasteiger partial charge is 0.481 e. The van der Waals surface area contributed by atoms with Crippen molar-refractivity contribution in [3.05, 3.63) is 70.2 Å². The summed E-state index contributed by atoms with van der Waals surface area (Å²) in [6.07, 6.45) is 0.0272. The van der Waals surface area contributed by atoms with Gasteiger partial charge in [-0.15, -0.1) is 0 Å². The van der Waals surface area contributed by atoms with Gasteiger partial charge in [0.15, 0.2) is 0 Å². The number of fused-ring (bicyclic) bond motifs is 1. The molecule has 0 atom stereocenters. The quantitative estimate of drug-likeness (QED) is 0.701. The molecule has 0 aliphatic carbocycles. The van der Waals surface area contributed by atoms with Crippen LogP contribution in [0.2, 0.25) is 0 Å². The Labute approximate surface area is 137 Å². The van der Waals surface area contributed by atoms with Gasteiger partial charge in [0, 0.05) is 4.47 Å². The summed E-state index contributed by atoms with van der Waals surface area (Å²) in [5, 5.41) is 11.3. The lowest BCUT2D eigenvalue weighted by Gasteiger charge is -2.15. The molecule has 1 N–H and O–H groups in total. The molecule has 0 amide bonds. The standard InChI is InChI=1S/C19H15BrO2/c1-12-16(13-5-3-2-4-6-13)9-14-7-8-15(20)10-18(14)17(12)11-19(21)22/h2-10H,11H2,1H3,(H,21,22). The smallest absolute Gasteiger partial charge is 0.307 e. The van der Waals surface area contributed by atoms with E-state index in [1.54, 1.807) is 0 Å². The van der Waals surface area contributed by atoms with Crippen molar-refractivity contribution >= 4 is 32.7 Å². The highest BCUT2D eigenvalue weighted by Gasteiger charge is 2.14. The molecule has 3 heteroatoms. The van der Waals surface area contributed by atoms with Crippen molar-refractivity contribution in [3.63, 3.8) is 0 Å². The lowest BCUT2D eigenvalue weighted by Crippen LogP contribution is -2.04. The van der Waals surface area contributed by atoms with Crippen molar-refractivity contribution in [3.8, 4) is 11.1 Å². The normalized spacial score (nSPS) is 10.8. The van der Waals surface area contributed by atoms with Gasteiger partial charge in [-0.2, -0.15) is 0 Å². The van der Waals surface area contributed by atoms with E-state index < -0.39 is 5.97 Å². The second kappa shape index (κ2) is 5.93. The molecule has 3 rings (SSSR count). The fourth-order valence-electron chi connectivity index (χ4n) is 2.84. The third-order valence-electron chi connectivity index (χ3n) is 3.91. The summed E-state index contributed by atoms with van der Waals surface area (Å²) in [6.45, 7) is 2.00. The molecule has 0 unspecified atom stereocenters. The number of benzene rings is 3. The number of carboxylic acid groups (broad SMARTS) is 1. The second-order valence-electron chi connectivity index (χ2n) is 5.33. The van der Waals surface area contributed by atoms with E-state index in [-0.39, 0.29) is 6.42 Å². The average molecular weight is 355 g/mol. The SMILES string of the molecule is Cc1c(-c2ccccc2)cc2ccc(Br)cc2c1CC(=O)O. The zero-order valence-electron chi connectivity index (χ0n) is 12.1. The van der Waals surface area contributed by atoms with E-state index in [1.807, 2.05) is 43.3 Å². The van der Waals surface area contributed by atoms with Crippen molar-refractivity contribution in [1.82, 2.24) is 0 Å². The van der Waals surface area contributed by atoms with Gasteiger partial charge < -0.3 is 5.11 Å². The molecule has 0 radical (unpaired) electrons. The molecule has 0 aliphatic heterocycles. The highest BCUT2D eigenvalue weighted by molar-refractivity contribution is 9.10. The molecule has 110 valence electrons. The number of halogens is 1. The van der Waals surface area contributed by atoms with E-state index in [0.29, 0.717) is 0 Å². The molecule has 0 saturated heterocycles. The molecule has 0 aliphatic rings. The summed E-state index contributed by atoms with van der Waals surface area (Å²) < 4.78 is 0.957. The van der Waals surface area contributed by atoms with Crippen LogP contribution in [0.1, 0.15) is 11.1 Å². The number of carbonyl (C=O) groups is 1. The number of hydrogen-bond acceptors (Lipinski definition) is 1. The first-order chi connectivity index (χ1) is 10.6. The molecule has 0 spiro atoms. The Kier molecular flexibility index (Phi) is 3.99. The Hall–Kier alpha value is -2.13. The molecular formula is C19H15BrO2. The summed E-state index contributed by atoms with van der Waals surface area (Å²) in [5.74, 6) is -0.811. The second-order valence-corrected chi connectivity index (χ2v) is 6.25. The van der Waals surface area contributed by atoms with Crippen molar-refractivity contribution in [2.45, 2.75) is 13.3 Å². The first kappa shape index (κ1) is 14.8. The van der Waals surface area contributed by atoms with Crippen LogP contribution in [-0.2, 0) is 11.2 Å². The highest BCUT2D eigenvalue weighted by Crippen LogP contribution is 2.34. The van der Waals surface area contributed by atoms with Crippen LogP contribution in [0.4, 0.5) is 0 Å². The van der Waals surface area contributed by atoms with Crippen LogP contribution in [0.3, 0.4) is 0 Å². The average Bonchev–Trinajstić information content (AvgIpc) is 2.51. The molecule has 2 nitrogen and oxygen atoms in total. The molecule has 22 heavy (non-hydrogen) atoms. The first-order valence-corrected chi connectivity index (χ1v) is 7.84. The van der Waals surface area contributed by atoms with Gasteiger partial charge in [0.1, 0.15) is 0 Å². The summed E-state index contributed by atoms with van der Waals surface area (Å²) >= 11 is 3.47. The van der Waals surface area contributed by atoms with Crippen LogP contribution in [0.15, 0.2) is 59.1 Å². The summed E-state index contributed by atoms with van der Waals surface area (Å²) in [4.78, 5) is 11.3. The zero-order valence-corrected chi connectivity index (χ0v) is 13.7. The zero-order chi connectivity index (χ0) is 15.7. The van der Waals surface area contributed by atoms with Crippen LogP contribution >= 0.6 is 15.9 Å². The van der Waals surface area contributed by atoms with Gasteiger partial charge in [-0.05, 0) is 58.1 Å². The fraction of sp³-hybridized carbons (Fsp3) is 0.105.